The lowest BCUT2D eigenvalue weighted by molar-refractivity contribution is -0.137. The summed E-state index contributed by atoms with van der Waals surface area (Å²) in [6.07, 6.45) is 3.23. The maximum atomic E-state index is 13.6. The monoisotopic (exact) mass is 400 g/mol. The number of nitrogens with zero attached hydrogens (tertiary/aromatic N) is 3. The highest BCUT2D eigenvalue weighted by atomic mass is 16.3. The van der Waals surface area contributed by atoms with Crippen molar-refractivity contribution in [3.63, 3.8) is 0 Å². The van der Waals surface area contributed by atoms with Crippen LogP contribution < -0.4 is 5.73 Å². The van der Waals surface area contributed by atoms with Crippen LogP contribution in [0.15, 0.2) is 47.5 Å². The van der Waals surface area contributed by atoms with Gasteiger partial charge in [-0.2, -0.15) is 5.26 Å². The lowest BCUT2D eigenvalue weighted by atomic mass is 9.61. The third kappa shape index (κ3) is 2.39. The van der Waals surface area contributed by atoms with E-state index in [1.54, 1.807) is 13.1 Å². The molecule has 1 aliphatic heterocycles. The van der Waals surface area contributed by atoms with Gasteiger partial charge in [-0.1, -0.05) is 24.3 Å². The third-order valence-electron chi connectivity index (χ3n) is 7.27. The molecule has 0 saturated heterocycles. The van der Waals surface area contributed by atoms with Crippen molar-refractivity contribution in [1.29, 1.82) is 5.26 Å². The van der Waals surface area contributed by atoms with E-state index in [0.717, 1.165) is 41.5 Å². The summed E-state index contributed by atoms with van der Waals surface area (Å²) >= 11 is 0. The number of nitrogens with two attached hydrogens (primary N) is 1. The van der Waals surface area contributed by atoms with Gasteiger partial charge in [0.2, 0.25) is 0 Å². The Bertz CT molecular complexity index is 1120. The first-order chi connectivity index (χ1) is 14.4. The average Bonchev–Trinajstić information content (AvgIpc) is 3.16. The van der Waals surface area contributed by atoms with Gasteiger partial charge in [-0.15, -0.1) is 0 Å². The smallest absolute Gasteiger partial charge is 0.262 e. The number of carbonyl (C=O) groups is 1. The van der Waals surface area contributed by atoms with E-state index in [2.05, 4.69) is 24.3 Å². The Kier molecular flexibility index (Phi) is 4.03. The van der Waals surface area contributed by atoms with E-state index in [1.807, 2.05) is 18.2 Å². The van der Waals surface area contributed by atoms with Gasteiger partial charge in [0.25, 0.3) is 5.91 Å². The van der Waals surface area contributed by atoms with E-state index in [9.17, 15) is 15.2 Å². The molecule has 152 valence electrons. The van der Waals surface area contributed by atoms with E-state index in [0.29, 0.717) is 18.4 Å². The summed E-state index contributed by atoms with van der Waals surface area (Å²) < 4.78 is 0. The molecule has 2 aliphatic carbocycles. The zero-order valence-electron chi connectivity index (χ0n) is 16.9. The number of aliphatic hydroxyl groups excluding tert-OH is 1. The van der Waals surface area contributed by atoms with Crippen molar-refractivity contribution in [2.45, 2.75) is 43.7 Å². The Hall–Kier alpha value is -3.17. The minimum absolute atomic E-state index is 0.0851. The first-order valence-electron chi connectivity index (χ1n) is 10.4. The number of benzene rings is 2. The molecule has 2 aromatic carbocycles. The van der Waals surface area contributed by atoms with E-state index in [4.69, 9.17) is 10.7 Å². The molecule has 6 nitrogen and oxygen atoms in total. The molecule has 1 atom stereocenters. The standard InChI is InChI=1S/C24H24N4O2/c1-28-21(30)24(27-22(28)26)20-12-17(16-4-2-3-15(11-16)14-25)5-6-18(20)13-23(24)9-7-19(29)8-10-23/h2-6,11-12,19,29H,7-10,13H2,1H3,(H2,26,27). The quantitative estimate of drug-likeness (QED) is 0.768. The number of aliphatic imine (C=N–C) groups is 1. The summed E-state index contributed by atoms with van der Waals surface area (Å²) in [6, 6.07) is 15.8. The highest BCUT2D eigenvalue weighted by molar-refractivity contribution is 6.08. The molecular weight excluding hydrogens is 376 g/mol. The van der Waals surface area contributed by atoms with Crippen molar-refractivity contribution in [2.24, 2.45) is 16.1 Å². The van der Waals surface area contributed by atoms with Gasteiger partial charge < -0.3 is 10.8 Å². The SMILES string of the molecule is CN1C(=O)C2(N=C1N)c1cc(-c3cccc(C#N)c3)ccc1CC21CCC(O)CC1. The van der Waals surface area contributed by atoms with Crippen LogP contribution in [-0.2, 0) is 16.8 Å². The number of likely N-dealkylation sites (N-methyl/N-ethyl adjacent to an activating group) is 1. The minimum atomic E-state index is -1.04. The molecule has 30 heavy (non-hydrogen) atoms. The lowest BCUT2D eigenvalue weighted by Crippen LogP contribution is -2.51. The maximum Gasteiger partial charge on any atom is 0.262 e. The van der Waals surface area contributed by atoms with Gasteiger partial charge in [0.1, 0.15) is 0 Å². The lowest BCUT2D eigenvalue weighted by Gasteiger charge is -2.44. The highest BCUT2D eigenvalue weighted by Crippen LogP contribution is 2.61. The van der Waals surface area contributed by atoms with Crippen molar-refractivity contribution in [2.75, 3.05) is 7.05 Å². The molecule has 2 aromatic rings. The van der Waals surface area contributed by atoms with Crippen LogP contribution in [0.5, 0.6) is 0 Å². The number of hydrogen-bond acceptors (Lipinski definition) is 5. The van der Waals surface area contributed by atoms with E-state index in [1.165, 1.54) is 4.90 Å². The summed E-state index contributed by atoms with van der Waals surface area (Å²) in [5.74, 6) is 0.160. The predicted molar refractivity (Wildman–Crippen MR) is 113 cm³/mol. The summed E-state index contributed by atoms with van der Waals surface area (Å²) in [5, 5.41) is 19.4. The van der Waals surface area contributed by atoms with Crippen LogP contribution in [0.2, 0.25) is 0 Å². The van der Waals surface area contributed by atoms with Gasteiger partial charge in [-0.05, 0) is 72.6 Å². The van der Waals surface area contributed by atoms with Gasteiger partial charge >= 0.3 is 0 Å². The number of carbonyl (C=O) groups excluding carboxylic acids is 1. The second kappa shape index (κ2) is 6.41. The van der Waals surface area contributed by atoms with Crippen LogP contribution in [0, 0.1) is 16.7 Å². The Labute approximate surface area is 175 Å². The second-order valence-corrected chi connectivity index (χ2v) is 8.80. The molecule has 1 saturated carbocycles. The molecule has 6 heteroatoms. The van der Waals surface area contributed by atoms with Gasteiger partial charge in [0.05, 0.1) is 17.7 Å². The van der Waals surface area contributed by atoms with Crippen molar-refractivity contribution in [3.05, 3.63) is 59.2 Å². The van der Waals surface area contributed by atoms with E-state index >= 15 is 0 Å². The summed E-state index contributed by atoms with van der Waals surface area (Å²) in [4.78, 5) is 19.9. The average molecular weight is 400 g/mol. The molecule has 3 N–H and O–H groups in total. The molecule has 3 aliphatic rings. The minimum Gasteiger partial charge on any atom is -0.393 e. The molecule has 1 unspecified atom stereocenters. The van der Waals surface area contributed by atoms with Gasteiger partial charge in [-0.25, -0.2) is 4.99 Å². The molecular formula is C24H24N4O2. The number of nitriles is 1. The molecule has 0 radical (unpaired) electrons. The van der Waals surface area contributed by atoms with Gasteiger partial charge in [0.15, 0.2) is 11.5 Å². The molecule has 0 aromatic heterocycles. The summed E-state index contributed by atoms with van der Waals surface area (Å²) in [6.45, 7) is 0. The Balaban J connectivity index is 1.70. The van der Waals surface area contributed by atoms with Gasteiger partial charge in [-0.3, -0.25) is 9.69 Å². The number of amides is 1. The van der Waals surface area contributed by atoms with Crippen LogP contribution >= 0.6 is 0 Å². The molecule has 1 fully saturated rings. The van der Waals surface area contributed by atoms with Crippen LogP contribution in [0.1, 0.15) is 42.4 Å². The van der Waals surface area contributed by atoms with Crippen molar-refractivity contribution in [1.82, 2.24) is 4.90 Å². The fourth-order valence-electron chi connectivity index (χ4n) is 5.65. The van der Waals surface area contributed by atoms with Crippen molar-refractivity contribution in [3.8, 4) is 17.2 Å². The second-order valence-electron chi connectivity index (χ2n) is 8.80. The van der Waals surface area contributed by atoms with Crippen molar-refractivity contribution < 1.29 is 9.90 Å². The zero-order chi connectivity index (χ0) is 21.1. The Morgan fingerprint density at radius 2 is 1.93 bits per heavy atom. The molecule has 1 amide bonds. The zero-order valence-corrected chi connectivity index (χ0v) is 16.9. The third-order valence-corrected chi connectivity index (χ3v) is 7.27. The molecule has 5 rings (SSSR count). The normalized spacial score (nSPS) is 29.9. The van der Waals surface area contributed by atoms with Crippen LogP contribution in [-0.4, -0.2) is 35.0 Å². The molecule has 1 heterocycles. The maximum absolute atomic E-state index is 13.6. The van der Waals surface area contributed by atoms with Crippen LogP contribution in [0.25, 0.3) is 11.1 Å². The topological polar surface area (TPSA) is 103 Å². The largest absolute Gasteiger partial charge is 0.393 e. The van der Waals surface area contributed by atoms with E-state index in [-0.39, 0.29) is 23.4 Å². The first-order valence-corrected chi connectivity index (χ1v) is 10.4. The van der Waals surface area contributed by atoms with Crippen molar-refractivity contribution >= 4 is 11.9 Å². The number of aliphatic hydroxyl groups is 1. The summed E-state index contributed by atoms with van der Waals surface area (Å²) in [7, 11) is 1.68. The van der Waals surface area contributed by atoms with Gasteiger partial charge in [0, 0.05) is 12.5 Å². The number of rotatable bonds is 1. The fraction of sp³-hybridized carbons (Fsp3) is 0.375. The number of fused-ring (bicyclic) bond motifs is 3. The highest BCUT2D eigenvalue weighted by Gasteiger charge is 2.66. The van der Waals surface area contributed by atoms with Crippen LogP contribution in [0.4, 0.5) is 0 Å². The first kappa shape index (κ1) is 18.8. The molecule has 0 bridgehead atoms. The Morgan fingerprint density at radius 1 is 1.20 bits per heavy atom. The van der Waals surface area contributed by atoms with E-state index < -0.39 is 5.54 Å². The number of hydrogen-bond donors (Lipinski definition) is 2. The fourth-order valence-corrected chi connectivity index (χ4v) is 5.65. The predicted octanol–water partition coefficient (Wildman–Crippen LogP) is 2.68. The summed E-state index contributed by atoms with van der Waals surface area (Å²) in [5.41, 5.74) is 9.26. The van der Waals surface area contributed by atoms with Crippen LogP contribution in [0.3, 0.4) is 0 Å². The Morgan fingerprint density at radius 3 is 2.60 bits per heavy atom. The molecule has 2 spiro atoms. The number of guanidine groups is 1.